The van der Waals surface area contributed by atoms with Crippen LogP contribution in [0.2, 0.25) is 5.15 Å². The number of rotatable bonds is 3. The smallest absolute Gasteiger partial charge is 0.129 e. The molecule has 0 saturated heterocycles. The van der Waals surface area contributed by atoms with Gasteiger partial charge in [-0.1, -0.05) is 39.7 Å². The summed E-state index contributed by atoms with van der Waals surface area (Å²) in [5, 5.41) is 4.10. The average molecular weight is 352 g/mol. The minimum Gasteiger partial charge on any atom is -0.381 e. The van der Waals surface area contributed by atoms with E-state index in [2.05, 4.69) is 50.5 Å². The highest BCUT2D eigenvalue weighted by Gasteiger charge is 2.30. The Bertz CT molecular complexity index is 606. The van der Waals surface area contributed by atoms with Crippen molar-refractivity contribution in [3.63, 3.8) is 0 Å². The van der Waals surface area contributed by atoms with E-state index in [1.165, 1.54) is 18.4 Å². The molecule has 1 heterocycles. The quantitative estimate of drug-likeness (QED) is 0.772. The Hall–Kier alpha value is -1.06. The maximum Gasteiger partial charge on any atom is 0.129 e. The van der Waals surface area contributed by atoms with Crippen LogP contribution in [0.25, 0.3) is 0 Å². The predicted molar refractivity (Wildman–Crippen MR) is 87.5 cm³/mol. The predicted octanol–water partition coefficient (Wildman–Crippen LogP) is 5.16. The monoisotopic (exact) mass is 350 g/mol. The minimum atomic E-state index is 0.533. The van der Waals surface area contributed by atoms with E-state index in [-0.39, 0.29) is 0 Å². The molecular weight excluding hydrogens is 336 g/mol. The van der Waals surface area contributed by atoms with E-state index in [0.29, 0.717) is 17.1 Å². The Balaban J connectivity index is 1.59. The Morgan fingerprint density at radius 1 is 1.15 bits per heavy atom. The van der Waals surface area contributed by atoms with Gasteiger partial charge >= 0.3 is 0 Å². The molecule has 0 aliphatic heterocycles. The first kappa shape index (κ1) is 13.9. The van der Waals surface area contributed by atoms with Crippen LogP contribution in [-0.4, -0.2) is 11.0 Å². The van der Waals surface area contributed by atoms with Crippen molar-refractivity contribution in [2.45, 2.75) is 31.7 Å². The van der Waals surface area contributed by atoms with Gasteiger partial charge in [-0.2, -0.15) is 0 Å². The van der Waals surface area contributed by atoms with Gasteiger partial charge in [0.25, 0.3) is 0 Å². The number of nitrogens with one attached hydrogen (secondary N) is 1. The summed E-state index contributed by atoms with van der Waals surface area (Å²) >= 11 is 9.35. The molecule has 20 heavy (non-hydrogen) atoms. The Kier molecular flexibility index (Phi) is 3.99. The van der Waals surface area contributed by atoms with E-state index < -0.39 is 0 Å². The third kappa shape index (κ3) is 2.99. The Morgan fingerprint density at radius 3 is 2.50 bits per heavy atom. The molecule has 1 aliphatic carbocycles. The van der Waals surface area contributed by atoms with Gasteiger partial charge in [-0.05, 0) is 55.5 Å². The van der Waals surface area contributed by atoms with Crippen LogP contribution < -0.4 is 5.32 Å². The molecule has 2 nitrogen and oxygen atoms in total. The number of pyridine rings is 1. The topological polar surface area (TPSA) is 24.9 Å². The summed E-state index contributed by atoms with van der Waals surface area (Å²) in [6, 6.07) is 13.0. The molecule has 3 rings (SSSR count). The number of aromatic nitrogens is 1. The zero-order valence-corrected chi connectivity index (χ0v) is 13.6. The van der Waals surface area contributed by atoms with Gasteiger partial charge in [0.1, 0.15) is 5.15 Å². The standard InChI is InChI=1S/C16H16BrClN2/c1-10-15(6-7-16(18)19-10)20-14-8-12(9-14)11-2-4-13(17)5-3-11/h2-7,12,14,20H,8-9H2,1H3. The summed E-state index contributed by atoms with van der Waals surface area (Å²) in [7, 11) is 0. The van der Waals surface area contributed by atoms with Crippen LogP contribution in [0.5, 0.6) is 0 Å². The lowest BCUT2D eigenvalue weighted by Crippen LogP contribution is -2.34. The summed E-state index contributed by atoms with van der Waals surface area (Å²) in [6.07, 6.45) is 2.34. The first-order valence-corrected chi connectivity index (χ1v) is 7.94. The van der Waals surface area contributed by atoms with Crippen molar-refractivity contribution in [3.8, 4) is 0 Å². The van der Waals surface area contributed by atoms with Crippen molar-refractivity contribution in [1.82, 2.24) is 4.98 Å². The highest BCUT2D eigenvalue weighted by molar-refractivity contribution is 9.10. The molecule has 1 N–H and O–H groups in total. The van der Waals surface area contributed by atoms with Gasteiger partial charge in [0.15, 0.2) is 0 Å². The lowest BCUT2D eigenvalue weighted by Gasteiger charge is -2.37. The second-order valence-corrected chi connectivity index (χ2v) is 6.63. The number of hydrogen-bond donors (Lipinski definition) is 1. The lowest BCUT2D eigenvalue weighted by molar-refractivity contribution is 0.374. The van der Waals surface area contributed by atoms with E-state index in [0.717, 1.165) is 15.9 Å². The Labute approximate surface area is 132 Å². The molecule has 2 aromatic rings. The second kappa shape index (κ2) is 5.74. The summed E-state index contributed by atoms with van der Waals surface area (Å²) in [5.41, 5.74) is 3.48. The normalized spacial score (nSPS) is 21.4. The molecule has 0 atom stereocenters. The molecule has 0 amide bonds. The molecule has 1 aromatic heterocycles. The fraction of sp³-hybridized carbons (Fsp3) is 0.312. The Morgan fingerprint density at radius 2 is 1.85 bits per heavy atom. The van der Waals surface area contributed by atoms with Crippen LogP contribution in [0.3, 0.4) is 0 Å². The van der Waals surface area contributed by atoms with Crippen LogP contribution in [0.15, 0.2) is 40.9 Å². The fourth-order valence-corrected chi connectivity index (χ4v) is 3.10. The summed E-state index contributed by atoms with van der Waals surface area (Å²) < 4.78 is 1.14. The maximum absolute atomic E-state index is 5.87. The molecule has 0 spiro atoms. The fourth-order valence-electron chi connectivity index (χ4n) is 2.65. The van der Waals surface area contributed by atoms with Gasteiger partial charge in [-0.25, -0.2) is 4.98 Å². The van der Waals surface area contributed by atoms with Crippen molar-refractivity contribution in [2.75, 3.05) is 5.32 Å². The third-order valence-electron chi connectivity index (χ3n) is 3.89. The van der Waals surface area contributed by atoms with Crippen LogP contribution in [0.4, 0.5) is 5.69 Å². The van der Waals surface area contributed by atoms with Crippen molar-refractivity contribution in [1.29, 1.82) is 0 Å². The molecule has 104 valence electrons. The average Bonchev–Trinajstić information content (AvgIpc) is 2.37. The van der Waals surface area contributed by atoms with Crippen LogP contribution in [0, 0.1) is 6.92 Å². The molecule has 1 aliphatic rings. The summed E-state index contributed by atoms with van der Waals surface area (Å²) in [6.45, 7) is 1.99. The highest BCUT2D eigenvalue weighted by Crippen LogP contribution is 2.39. The second-order valence-electron chi connectivity index (χ2n) is 5.33. The number of benzene rings is 1. The van der Waals surface area contributed by atoms with Crippen molar-refractivity contribution >= 4 is 33.2 Å². The molecule has 4 heteroatoms. The van der Waals surface area contributed by atoms with Crippen LogP contribution in [0.1, 0.15) is 30.0 Å². The van der Waals surface area contributed by atoms with Gasteiger partial charge in [0.2, 0.25) is 0 Å². The van der Waals surface area contributed by atoms with Crippen molar-refractivity contribution < 1.29 is 0 Å². The van der Waals surface area contributed by atoms with Crippen molar-refractivity contribution in [2.24, 2.45) is 0 Å². The number of aryl methyl sites for hydroxylation is 1. The van der Waals surface area contributed by atoms with Crippen LogP contribution in [-0.2, 0) is 0 Å². The molecule has 0 unspecified atom stereocenters. The zero-order chi connectivity index (χ0) is 14.1. The molecule has 0 bridgehead atoms. The number of hydrogen-bond acceptors (Lipinski definition) is 2. The number of anilines is 1. The summed E-state index contributed by atoms with van der Waals surface area (Å²) in [4.78, 5) is 4.27. The van der Waals surface area contributed by atoms with E-state index in [9.17, 15) is 0 Å². The van der Waals surface area contributed by atoms with Crippen molar-refractivity contribution in [3.05, 3.63) is 57.3 Å². The number of halogens is 2. The summed E-state index contributed by atoms with van der Waals surface area (Å²) in [5.74, 6) is 0.668. The molecule has 0 radical (unpaired) electrons. The largest absolute Gasteiger partial charge is 0.381 e. The maximum atomic E-state index is 5.87. The van der Waals surface area contributed by atoms with E-state index in [1.807, 2.05) is 19.1 Å². The van der Waals surface area contributed by atoms with Gasteiger partial charge in [-0.15, -0.1) is 0 Å². The number of nitrogens with zero attached hydrogens (tertiary/aromatic N) is 1. The van der Waals surface area contributed by atoms with Gasteiger partial charge < -0.3 is 5.32 Å². The zero-order valence-electron chi connectivity index (χ0n) is 11.2. The van der Waals surface area contributed by atoms with E-state index in [4.69, 9.17) is 11.6 Å². The van der Waals surface area contributed by atoms with E-state index in [1.54, 1.807) is 0 Å². The first-order chi connectivity index (χ1) is 9.61. The third-order valence-corrected chi connectivity index (χ3v) is 4.63. The molecular formula is C16H16BrClN2. The van der Waals surface area contributed by atoms with Gasteiger partial charge in [-0.3, -0.25) is 0 Å². The minimum absolute atomic E-state index is 0.533. The molecule has 1 fully saturated rings. The van der Waals surface area contributed by atoms with Crippen LogP contribution >= 0.6 is 27.5 Å². The lowest BCUT2D eigenvalue weighted by atomic mass is 9.76. The van der Waals surface area contributed by atoms with Gasteiger partial charge in [0.05, 0.1) is 11.4 Å². The van der Waals surface area contributed by atoms with Gasteiger partial charge in [0, 0.05) is 10.5 Å². The molecule has 1 aromatic carbocycles. The van der Waals surface area contributed by atoms with E-state index >= 15 is 0 Å². The SMILES string of the molecule is Cc1nc(Cl)ccc1NC1CC(c2ccc(Br)cc2)C1. The first-order valence-electron chi connectivity index (χ1n) is 6.77. The highest BCUT2D eigenvalue weighted by atomic mass is 79.9. The molecule has 1 saturated carbocycles.